The van der Waals surface area contributed by atoms with Crippen molar-refractivity contribution in [3.63, 3.8) is 0 Å². The molecule has 3 N–H and O–H groups in total. The van der Waals surface area contributed by atoms with E-state index in [-0.39, 0.29) is 12.4 Å². The summed E-state index contributed by atoms with van der Waals surface area (Å²) in [5.41, 5.74) is 3.37. The molecule has 2 heterocycles. The molecule has 1 atom stereocenters. The van der Waals surface area contributed by atoms with Gasteiger partial charge in [-0.05, 0) is 30.2 Å². The van der Waals surface area contributed by atoms with Crippen LogP contribution in [0, 0.1) is 6.92 Å². The molecule has 0 aliphatic rings. The molecule has 2 aromatic heterocycles. The SMILES string of the molecule is COc1nc(Nc2cc(C)cc(-c3cnn(C[C@H](O)C(=O)O)c3)c2)ncc1Cl. The fourth-order valence-electron chi connectivity index (χ4n) is 2.57. The Morgan fingerprint density at radius 3 is 2.82 bits per heavy atom. The Labute approximate surface area is 165 Å². The third-order valence-corrected chi connectivity index (χ3v) is 4.11. The third kappa shape index (κ3) is 4.56. The van der Waals surface area contributed by atoms with Gasteiger partial charge in [-0.15, -0.1) is 0 Å². The number of benzene rings is 1. The second-order valence-corrected chi connectivity index (χ2v) is 6.48. The lowest BCUT2D eigenvalue weighted by molar-refractivity contribution is -0.147. The number of anilines is 2. The molecule has 0 spiro atoms. The number of aryl methyl sites for hydroxylation is 1. The van der Waals surface area contributed by atoms with Crippen LogP contribution in [0.1, 0.15) is 5.56 Å². The highest BCUT2D eigenvalue weighted by atomic mass is 35.5. The molecule has 0 fully saturated rings. The van der Waals surface area contributed by atoms with Crippen LogP contribution in [0.15, 0.2) is 36.8 Å². The molecule has 10 heteroatoms. The van der Waals surface area contributed by atoms with Crippen LogP contribution in [-0.4, -0.2) is 49.1 Å². The number of halogens is 1. The van der Waals surface area contributed by atoms with E-state index in [9.17, 15) is 9.90 Å². The maximum atomic E-state index is 10.8. The molecular formula is C18H18ClN5O4. The zero-order chi connectivity index (χ0) is 20.3. The van der Waals surface area contributed by atoms with Crippen molar-refractivity contribution in [2.75, 3.05) is 12.4 Å². The molecule has 146 valence electrons. The average molecular weight is 404 g/mol. The first-order chi connectivity index (χ1) is 13.4. The van der Waals surface area contributed by atoms with Crippen molar-refractivity contribution in [2.45, 2.75) is 19.6 Å². The van der Waals surface area contributed by atoms with Gasteiger partial charge in [0.05, 0.1) is 26.0 Å². The molecule has 0 saturated carbocycles. The molecule has 3 aromatic rings. The first kappa shape index (κ1) is 19.6. The lowest BCUT2D eigenvalue weighted by Crippen LogP contribution is -2.25. The fourth-order valence-corrected chi connectivity index (χ4v) is 2.74. The lowest BCUT2D eigenvalue weighted by atomic mass is 10.1. The number of methoxy groups -OCH3 is 1. The Hall–Kier alpha value is -3.17. The number of carbonyl (C=O) groups is 1. The van der Waals surface area contributed by atoms with Gasteiger partial charge in [0.1, 0.15) is 5.02 Å². The van der Waals surface area contributed by atoms with Gasteiger partial charge in [-0.1, -0.05) is 17.7 Å². The Balaban J connectivity index is 1.84. The molecule has 0 amide bonds. The highest BCUT2D eigenvalue weighted by Crippen LogP contribution is 2.27. The molecule has 0 bridgehead atoms. The van der Waals surface area contributed by atoms with Crippen molar-refractivity contribution >= 4 is 29.2 Å². The van der Waals surface area contributed by atoms with E-state index in [1.807, 2.05) is 25.1 Å². The number of ether oxygens (including phenoxy) is 1. The molecule has 9 nitrogen and oxygen atoms in total. The summed E-state index contributed by atoms with van der Waals surface area (Å²) >= 11 is 5.95. The smallest absolute Gasteiger partial charge is 0.334 e. The summed E-state index contributed by atoms with van der Waals surface area (Å²) < 4.78 is 6.48. The number of aliphatic hydroxyl groups is 1. The van der Waals surface area contributed by atoms with E-state index in [4.69, 9.17) is 21.4 Å². The monoisotopic (exact) mass is 403 g/mol. The number of carboxylic acids is 1. The summed E-state index contributed by atoms with van der Waals surface area (Å²) in [5, 5.41) is 25.8. The number of hydrogen-bond donors (Lipinski definition) is 3. The predicted molar refractivity (Wildman–Crippen MR) is 103 cm³/mol. The number of rotatable bonds is 7. The standard InChI is InChI=1S/C18H18ClN5O4/c1-10-3-11(12-6-21-24(8-12)9-15(25)17(26)27)5-13(4-10)22-18-20-7-14(19)16(23-18)28-2/h3-8,15,25H,9H2,1-2H3,(H,26,27)(H,20,22,23)/t15-/m0/s1. The summed E-state index contributed by atoms with van der Waals surface area (Å²) in [4.78, 5) is 19.1. The molecule has 3 rings (SSSR count). The Bertz CT molecular complexity index is 1010. The summed E-state index contributed by atoms with van der Waals surface area (Å²) in [6.45, 7) is 1.81. The molecule has 1 aromatic carbocycles. The second-order valence-electron chi connectivity index (χ2n) is 6.07. The minimum Gasteiger partial charge on any atom is -0.480 e. The second kappa shape index (κ2) is 8.24. The summed E-state index contributed by atoms with van der Waals surface area (Å²) in [6.07, 6.45) is 3.21. The third-order valence-electron chi connectivity index (χ3n) is 3.85. The largest absolute Gasteiger partial charge is 0.480 e. The van der Waals surface area contributed by atoms with Gasteiger partial charge >= 0.3 is 5.97 Å². The summed E-state index contributed by atoms with van der Waals surface area (Å²) in [7, 11) is 1.47. The Morgan fingerprint density at radius 1 is 1.32 bits per heavy atom. The molecule has 0 aliphatic carbocycles. The lowest BCUT2D eigenvalue weighted by Gasteiger charge is -2.10. The quantitative estimate of drug-likeness (QED) is 0.550. The van der Waals surface area contributed by atoms with E-state index >= 15 is 0 Å². The minimum absolute atomic E-state index is 0.134. The van der Waals surface area contributed by atoms with E-state index < -0.39 is 12.1 Å². The Morgan fingerprint density at radius 2 is 2.11 bits per heavy atom. The molecule has 0 unspecified atom stereocenters. The molecule has 28 heavy (non-hydrogen) atoms. The van der Waals surface area contributed by atoms with E-state index in [0.29, 0.717) is 11.0 Å². The normalized spacial score (nSPS) is 11.9. The highest BCUT2D eigenvalue weighted by Gasteiger charge is 2.15. The van der Waals surface area contributed by atoms with Gasteiger partial charge in [-0.2, -0.15) is 10.1 Å². The van der Waals surface area contributed by atoms with E-state index in [1.165, 1.54) is 18.0 Å². The van der Waals surface area contributed by atoms with Gasteiger partial charge in [0.25, 0.3) is 0 Å². The Kier molecular flexibility index (Phi) is 5.76. The van der Waals surface area contributed by atoms with Crippen LogP contribution >= 0.6 is 11.6 Å². The number of carboxylic acid groups (broad SMARTS) is 1. The molecule has 0 saturated heterocycles. The van der Waals surface area contributed by atoms with Crippen LogP contribution in [0.25, 0.3) is 11.1 Å². The van der Waals surface area contributed by atoms with E-state index in [2.05, 4.69) is 20.4 Å². The van der Waals surface area contributed by atoms with Gasteiger partial charge in [0.2, 0.25) is 11.8 Å². The van der Waals surface area contributed by atoms with Crippen LogP contribution in [-0.2, 0) is 11.3 Å². The van der Waals surface area contributed by atoms with Crippen LogP contribution in [0.4, 0.5) is 11.6 Å². The average Bonchev–Trinajstić information content (AvgIpc) is 3.11. The van der Waals surface area contributed by atoms with Gasteiger partial charge in [0, 0.05) is 17.4 Å². The fraction of sp³-hybridized carbons (Fsp3) is 0.222. The zero-order valence-corrected chi connectivity index (χ0v) is 15.9. The van der Waals surface area contributed by atoms with Gasteiger partial charge < -0.3 is 20.3 Å². The van der Waals surface area contributed by atoms with Crippen LogP contribution in [0.5, 0.6) is 5.88 Å². The first-order valence-electron chi connectivity index (χ1n) is 8.24. The number of aliphatic hydroxyl groups excluding tert-OH is 1. The predicted octanol–water partition coefficient (Wildman–Crippen LogP) is 2.50. The summed E-state index contributed by atoms with van der Waals surface area (Å²) in [6, 6.07) is 5.77. The van der Waals surface area contributed by atoms with Gasteiger partial charge in [0.15, 0.2) is 6.10 Å². The number of nitrogens with zero attached hydrogens (tertiary/aromatic N) is 4. The minimum atomic E-state index is -1.51. The van der Waals surface area contributed by atoms with E-state index in [0.717, 1.165) is 22.4 Å². The van der Waals surface area contributed by atoms with E-state index in [1.54, 1.807) is 12.4 Å². The summed E-state index contributed by atoms with van der Waals surface area (Å²) in [5.74, 6) is -0.694. The number of aromatic nitrogens is 4. The van der Waals surface area contributed by atoms with Crippen LogP contribution < -0.4 is 10.1 Å². The van der Waals surface area contributed by atoms with Crippen LogP contribution in [0.2, 0.25) is 5.02 Å². The number of hydrogen-bond acceptors (Lipinski definition) is 7. The topological polar surface area (TPSA) is 122 Å². The molecular weight excluding hydrogens is 386 g/mol. The number of aliphatic carboxylic acids is 1. The first-order valence-corrected chi connectivity index (χ1v) is 8.62. The van der Waals surface area contributed by atoms with Gasteiger partial charge in [-0.3, -0.25) is 4.68 Å². The highest BCUT2D eigenvalue weighted by molar-refractivity contribution is 6.31. The maximum absolute atomic E-state index is 10.8. The van der Waals surface area contributed by atoms with Gasteiger partial charge in [-0.25, -0.2) is 9.78 Å². The zero-order valence-electron chi connectivity index (χ0n) is 15.1. The van der Waals surface area contributed by atoms with Crippen molar-refractivity contribution < 1.29 is 19.7 Å². The van der Waals surface area contributed by atoms with Crippen molar-refractivity contribution in [1.29, 1.82) is 0 Å². The van der Waals surface area contributed by atoms with Crippen LogP contribution in [0.3, 0.4) is 0 Å². The maximum Gasteiger partial charge on any atom is 0.334 e. The van der Waals surface area contributed by atoms with Crippen molar-refractivity contribution in [1.82, 2.24) is 19.7 Å². The van der Waals surface area contributed by atoms with Crippen molar-refractivity contribution in [3.8, 4) is 17.0 Å². The molecule has 0 radical (unpaired) electrons. The number of nitrogens with one attached hydrogen (secondary N) is 1. The molecule has 0 aliphatic heterocycles. The van der Waals surface area contributed by atoms with Crippen molar-refractivity contribution in [2.24, 2.45) is 0 Å². The van der Waals surface area contributed by atoms with Crippen molar-refractivity contribution in [3.05, 3.63) is 47.4 Å².